The van der Waals surface area contributed by atoms with Gasteiger partial charge in [0.25, 0.3) is 0 Å². The molecule has 20 heavy (non-hydrogen) atoms. The highest BCUT2D eigenvalue weighted by molar-refractivity contribution is 7.92. The Balaban J connectivity index is 0.00000200. The van der Waals surface area contributed by atoms with Crippen molar-refractivity contribution in [3.05, 3.63) is 23.8 Å². The Hall–Kier alpha value is -1.47. The summed E-state index contributed by atoms with van der Waals surface area (Å²) in [6.45, 7) is 1.65. The first-order chi connectivity index (χ1) is 8.98. The summed E-state index contributed by atoms with van der Waals surface area (Å²) in [4.78, 5) is 4.31. The van der Waals surface area contributed by atoms with Gasteiger partial charge in [-0.3, -0.25) is 9.71 Å². The van der Waals surface area contributed by atoms with Crippen molar-refractivity contribution in [2.45, 2.75) is 6.42 Å². The summed E-state index contributed by atoms with van der Waals surface area (Å²) in [5.41, 5.74) is 1.42. The molecule has 1 aromatic carbocycles. The largest absolute Gasteiger partial charge is 0.495 e. The number of hydrogen-bond acceptors (Lipinski definition) is 5. The standard InChI is InChI=1S/C12H17N3O3S.ClH/c1-18-11-4-3-9(8-12-13-5-6-14-12)7-10(11)15-19(2,16)17;/h3-4,7,15H,5-6,8H2,1-2H3,(H,13,14);1H. The number of amidine groups is 1. The van der Waals surface area contributed by atoms with E-state index in [-0.39, 0.29) is 12.4 Å². The van der Waals surface area contributed by atoms with Gasteiger partial charge >= 0.3 is 0 Å². The molecule has 2 rings (SSSR count). The van der Waals surface area contributed by atoms with Crippen molar-refractivity contribution < 1.29 is 13.2 Å². The summed E-state index contributed by atoms with van der Waals surface area (Å²) in [6, 6.07) is 5.41. The highest BCUT2D eigenvalue weighted by Crippen LogP contribution is 2.26. The topological polar surface area (TPSA) is 79.8 Å². The molecule has 1 aromatic rings. The highest BCUT2D eigenvalue weighted by Gasteiger charge is 2.11. The average molecular weight is 320 g/mol. The van der Waals surface area contributed by atoms with Crippen molar-refractivity contribution in [2.75, 3.05) is 31.2 Å². The third-order valence-corrected chi connectivity index (χ3v) is 3.27. The van der Waals surface area contributed by atoms with Gasteiger partial charge in [-0.2, -0.15) is 0 Å². The van der Waals surface area contributed by atoms with E-state index in [0.717, 1.165) is 30.7 Å². The molecule has 0 atom stereocenters. The number of aliphatic imine (C=N–C) groups is 1. The smallest absolute Gasteiger partial charge is 0.229 e. The summed E-state index contributed by atoms with van der Waals surface area (Å²) < 4.78 is 30.2. The number of nitrogens with zero attached hydrogens (tertiary/aromatic N) is 1. The quantitative estimate of drug-likeness (QED) is 0.849. The first-order valence-corrected chi connectivity index (χ1v) is 7.79. The average Bonchev–Trinajstić information content (AvgIpc) is 2.80. The van der Waals surface area contributed by atoms with Crippen LogP contribution in [0.3, 0.4) is 0 Å². The molecule has 112 valence electrons. The van der Waals surface area contributed by atoms with Gasteiger partial charge < -0.3 is 10.1 Å². The molecule has 0 saturated carbocycles. The van der Waals surface area contributed by atoms with Gasteiger partial charge in [0.15, 0.2) is 0 Å². The molecule has 1 heterocycles. The van der Waals surface area contributed by atoms with E-state index in [2.05, 4.69) is 15.0 Å². The van der Waals surface area contributed by atoms with E-state index in [4.69, 9.17) is 4.74 Å². The van der Waals surface area contributed by atoms with E-state index < -0.39 is 10.0 Å². The molecular formula is C12H18ClN3O3S. The van der Waals surface area contributed by atoms with Crippen LogP contribution in [0.5, 0.6) is 5.75 Å². The van der Waals surface area contributed by atoms with Crippen molar-refractivity contribution in [1.82, 2.24) is 5.32 Å². The Morgan fingerprint density at radius 2 is 2.20 bits per heavy atom. The number of benzene rings is 1. The lowest BCUT2D eigenvalue weighted by molar-refractivity contribution is 0.417. The monoisotopic (exact) mass is 319 g/mol. The Kier molecular flexibility index (Phi) is 5.64. The SMILES string of the molecule is COc1ccc(CC2=NCCN2)cc1NS(C)(=O)=O.Cl. The molecule has 0 bridgehead atoms. The van der Waals surface area contributed by atoms with Crippen LogP contribution in [-0.2, 0) is 16.4 Å². The maximum Gasteiger partial charge on any atom is 0.229 e. The predicted molar refractivity (Wildman–Crippen MR) is 82.7 cm³/mol. The normalized spacial score (nSPS) is 14.0. The Bertz CT molecular complexity index is 602. The van der Waals surface area contributed by atoms with Crippen LogP contribution in [0.25, 0.3) is 0 Å². The minimum Gasteiger partial charge on any atom is -0.495 e. The fourth-order valence-electron chi connectivity index (χ4n) is 1.90. The zero-order valence-corrected chi connectivity index (χ0v) is 13.0. The molecule has 0 radical (unpaired) electrons. The molecule has 0 amide bonds. The van der Waals surface area contributed by atoms with E-state index in [9.17, 15) is 8.42 Å². The minimum atomic E-state index is -3.33. The number of halogens is 1. The molecule has 8 heteroatoms. The predicted octanol–water partition coefficient (Wildman–Crippen LogP) is 1.03. The van der Waals surface area contributed by atoms with Crippen LogP contribution >= 0.6 is 12.4 Å². The third-order valence-electron chi connectivity index (χ3n) is 2.67. The van der Waals surface area contributed by atoms with Crippen molar-refractivity contribution in [2.24, 2.45) is 4.99 Å². The number of hydrogen-bond donors (Lipinski definition) is 2. The van der Waals surface area contributed by atoms with Gasteiger partial charge in [0.2, 0.25) is 10.0 Å². The lowest BCUT2D eigenvalue weighted by atomic mass is 10.1. The van der Waals surface area contributed by atoms with Crippen molar-refractivity contribution >= 4 is 34.0 Å². The number of anilines is 1. The summed E-state index contributed by atoms with van der Waals surface area (Å²) >= 11 is 0. The summed E-state index contributed by atoms with van der Waals surface area (Å²) in [5, 5.41) is 3.18. The fourth-order valence-corrected chi connectivity index (χ4v) is 2.46. The van der Waals surface area contributed by atoms with Crippen LogP contribution in [0.4, 0.5) is 5.69 Å². The van der Waals surface area contributed by atoms with E-state index >= 15 is 0 Å². The van der Waals surface area contributed by atoms with Crippen molar-refractivity contribution in [3.63, 3.8) is 0 Å². The number of sulfonamides is 1. The van der Waals surface area contributed by atoms with E-state index in [1.54, 1.807) is 12.1 Å². The molecule has 0 saturated heterocycles. The summed E-state index contributed by atoms with van der Waals surface area (Å²) in [7, 11) is -1.82. The Labute approximate surface area is 125 Å². The molecule has 1 aliphatic rings. The lowest BCUT2D eigenvalue weighted by Crippen LogP contribution is -2.20. The highest BCUT2D eigenvalue weighted by atomic mass is 35.5. The maximum absolute atomic E-state index is 11.3. The third kappa shape index (κ3) is 4.57. The van der Waals surface area contributed by atoms with Gasteiger partial charge in [0.1, 0.15) is 11.6 Å². The second-order valence-electron chi connectivity index (χ2n) is 4.34. The van der Waals surface area contributed by atoms with Gasteiger partial charge in [-0.15, -0.1) is 12.4 Å². The second kappa shape index (κ2) is 6.81. The molecule has 1 aliphatic heterocycles. The lowest BCUT2D eigenvalue weighted by Gasteiger charge is -2.12. The number of nitrogens with one attached hydrogen (secondary N) is 2. The van der Waals surface area contributed by atoms with Crippen LogP contribution in [-0.4, -0.2) is 40.7 Å². The molecule has 0 unspecified atom stereocenters. The first kappa shape index (κ1) is 16.6. The van der Waals surface area contributed by atoms with E-state index in [0.29, 0.717) is 17.9 Å². The molecule has 0 spiro atoms. The molecule has 2 N–H and O–H groups in total. The number of ether oxygens (including phenoxy) is 1. The van der Waals surface area contributed by atoms with Gasteiger partial charge in [-0.05, 0) is 17.7 Å². The Morgan fingerprint density at radius 1 is 1.45 bits per heavy atom. The Morgan fingerprint density at radius 3 is 2.75 bits per heavy atom. The second-order valence-corrected chi connectivity index (χ2v) is 6.09. The zero-order valence-electron chi connectivity index (χ0n) is 11.3. The first-order valence-electron chi connectivity index (χ1n) is 5.90. The van der Waals surface area contributed by atoms with Gasteiger partial charge in [0.05, 0.1) is 25.6 Å². The molecular weight excluding hydrogens is 302 g/mol. The van der Waals surface area contributed by atoms with Crippen LogP contribution in [0.1, 0.15) is 5.56 Å². The molecule has 0 fully saturated rings. The zero-order chi connectivity index (χ0) is 13.9. The maximum atomic E-state index is 11.3. The van der Waals surface area contributed by atoms with Gasteiger partial charge in [0, 0.05) is 13.0 Å². The molecule has 6 nitrogen and oxygen atoms in total. The summed E-state index contributed by atoms with van der Waals surface area (Å²) in [6.07, 6.45) is 1.77. The minimum absolute atomic E-state index is 0. The number of rotatable bonds is 5. The number of methoxy groups -OCH3 is 1. The van der Waals surface area contributed by atoms with Crippen LogP contribution in [0.15, 0.2) is 23.2 Å². The van der Waals surface area contributed by atoms with Crippen LogP contribution in [0, 0.1) is 0 Å². The van der Waals surface area contributed by atoms with E-state index in [1.165, 1.54) is 7.11 Å². The van der Waals surface area contributed by atoms with E-state index in [1.807, 2.05) is 6.07 Å². The van der Waals surface area contributed by atoms with Crippen molar-refractivity contribution in [3.8, 4) is 5.75 Å². The van der Waals surface area contributed by atoms with Crippen molar-refractivity contribution in [1.29, 1.82) is 0 Å². The van der Waals surface area contributed by atoms with Gasteiger partial charge in [-0.1, -0.05) is 6.07 Å². The molecule has 0 aliphatic carbocycles. The van der Waals surface area contributed by atoms with Crippen LogP contribution in [0.2, 0.25) is 0 Å². The molecule has 0 aromatic heterocycles. The summed E-state index contributed by atoms with van der Waals surface area (Å²) in [5.74, 6) is 1.42. The van der Waals surface area contributed by atoms with Crippen LogP contribution < -0.4 is 14.8 Å². The fraction of sp³-hybridized carbons (Fsp3) is 0.417. The van der Waals surface area contributed by atoms with Gasteiger partial charge in [-0.25, -0.2) is 8.42 Å².